The molecule has 0 N–H and O–H groups in total. The number of rotatable bonds is 1. The molecule has 1 aromatic heterocycles. The SMILES string of the molecule is CN(C)c1nc(Cl)nc2c(Cl)cc(Cl)cc12. The average molecular weight is 277 g/mol. The monoisotopic (exact) mass is 275 g/mol. The fourth-order valence-corrected chi connectivity index (χ4v) is 2.16. The lowest BCUT2D eigenvalue weighted by Gasteiger charge is -2.14. The maximum absolute atomic E-state index is 6.06. The van der Waals surface area contributed by atoms with Crippen LogP contribution in [-0.4, -0.2) is 24.1 Å². The van der Waals surface area contributed by atoms with E-state index in [9.17, 15) is 0 Å². The highest BCUT2D eigenvalue weighted by molar-refractivity contribution is 6.39. The lowest BCUT2D eigenvalue weighted by Crippen LogP contribution is -2.11. The van der Waals surface area contributed by atoms with Crippen LogP contribution in [0.3, 0.4) is 0 Å². The number of fused-ring (bicyclic) bond motifs is 1. The first-order chi connectivity index (χ1) is 7.49. The fourth-order valence-electron chi connectivity index (χ4n) is 1.46. The van der Waals surface area contributed by atoms with Gasteiger partial charge in [-0.05, 0) is 23.7 Å². The summed E-state index contributed by atoms with van der Waals surface area (Å²) in [5, 5.41) is 1.97. The van der Waals surface area contributed by atoms with Gasteiger partial charge >= 0.3 is 0 Å². The Kier molecular flexibility index (Phi) is 3.10. The zero-order valence-corrected chi connectivity index (χ0v) is 10.9. The van der Waals surface area contributed by atoms with Gasteiger partial charge in [0.05, 0.1) is 10.5 Å². The van der Waals surface area contributed by atoms with Crippen LogP contribution in [0.15, 0.2) is 12.1 Å². The lowest BCUT2D eigenvalue weighted by molar-refractivity contribution is 1.06. The van der Waals surface area contributed by atoms with Gasteiger partial charge < -0.3 is 4.90 Å². The molecule has 0 atom stereocenters. The number of halogens is 3. The Hall–Kier alpha value is -0.770. The van der Waals surface area contributed by atoms with Crippen LogP contribution in [0.2, 0.25) is 15.3 Å². The molecule has 84 valence electrons. The van der Waals surface area contributed by atoms with Gasteiger partial charge in [-0.3, -0.25) is 0 Å². The molecule has 3 nitrogen and oxygen atoms in total. The second kappa shape index (κ2) is 4.24. The number of nitrogens with zero attached hydrogens (tertiary/aromatic N) is 3. The Morgan fingerprint density at radius 3 is 2.38 bits per heavy atom. The molecule has 0 saturated heterocycles. The van der Waals surface area contributed by atoms with E-state index in [0.29, 0.717) is 21.4 Å². The van der Waals surface area contributed by atoms with Crippen LogP contribution >= 0.6 is 34.8 Å². The highest BCUT2D eigenvalue weighted by atomic mass is 35.5. The Bertz CT molecular complexity index is 554. The topological polar surface area (TPSA) is 29.0 Å². The van der Waals surface area contributed by atoms with Crippen molar-refractivity contribution in [3.63, 3.8) is 0 Å². The zero-order chi connectivity index (χ0) is 11.9. The molecule has 0 saturated carbocycles. The third-order valence-corrected chi connectivity index (χ3v) is 2.77. The molecular formula is C10H8Cl3N3. The van der Waals surface area contributed by atoms with Crippen LogP contribution in [-0.2, 0) is 0 Å². The van der Waals surface area contributed by atoms with E-state index in [2.05, 4.69) is 9.97 Å². The van der Waals surface area contributed by atoms with Crippen LogP contribution < -0.4 is 4.90 Å². The molecule has 1 aromatic carbocycles. The summed E-state index contributed by atoms with van der Waals surface area (Å²) in [4.78, 5) is 10.1. The van der Waals surface area contributed by atoms with Gasteiger partial charge in [-0.25, -0.2) is 4.98 Å². The molecule has 2 rings (SSSR count). The highest BCUT2D eigenvalue weighted by Gasteiger charge is 2.12. The lowest BCUT2D eigenvalue weighted by atomic mass is 10.2. The van der Waals surface area contributed by atoms with Gasteiger partial charge in [0.25, 0.3) is 0 Å². The molecular weight excluding hydrogens is 268 g/mol. The third-order valence-electron chi connectivity index (χ3n) is 2.09. The smallest absolute Gasteiger partial charge is 0.224 e. The maximum Gasteiger partial charge on any atom is 0.224 e. The normalized spacial score (nSPS) is 10.8. The molecule has 16 heavy (non-hydrogen) atoms. The largest absolute Gasteiger partial charge is 0.362 e. The van der Waals surface area contributed by atoms with E-state index in [1.165, 1.54) is 0 Å². The van der Waals surface area contributed by atoms with E-state index in [-0.39, 0.29) is 5.28 Å². The fraction of sp³-hybridized carbons (Fsp3) is 0.200. The highest BCUT2D eigenvalue weighted by Crippen LogP contribution is 2.32. The molecule has 0 aliphatic rings. The van der Waals surface area contributed by atoms with Gasteiger partial charge in [-0.2, -0.15) is 4.98 Å². The minimum atomic E-state index is 0.167. The van der Waals surface area contributed by atoms with Gasteiger partial charge in [-0.15, -0.1) is 0 Å². The van der Waals surface area contributed by atoms with E-state index < -0.39 is 0 Å². The summed E-state index contributed by atoms with van der Waals surface area (Å²) in [7, 11) is 3.74. The summed E-state index contributed by atoms with van der Waals surface area (Å²) in [5.74, 6) is 0.694. The van der Waals surface area contributed by atoms with Crippen molar-refractivity contribution in [2.75, 3.05) is 19.0 Å². The first-order valence-electron chi connectivity index (χ1n) is 4.48. The van der Waals surface area contributed by atoms with Gasteiger partial charge in [-0.1, -0.05) is 23.2 Å². The predicted octanol–water partition coefficient (Wildman–Crippen LogP) is 3.66. The van der Waals surface area contributed by atoms with E-state index in [4.69, 9.17) is 34.8 Å². The molecule has 6 heteroatoms. The summed E-state index contributed by atoms with van der Waals surface area (Å²) < 4.78 is 0. The van der Waals surface area contributed by atoms with Crippen molar-refractivity contribution in [2.24, 2.45) is 0 Å². The quantitative estimate of drug-likeness (QED) is 0.744. The number of anilines is 1. The Balaban J connectivity index is 2.89. The summed E-state index contributed by atoms with van der Waals surface area (Å²) in [5.41, 5.74) is 0.606. The molecule has 0 unspecified atom stereocenters. The van der Waals surface area contributed by atoms with Crippen LogP contribution in [0.1, 0.15) is 0 Å². The molecule has 0 aliphatic heterocycles. The Morgan fingerprint density at radius 2 is 1.75 bits per heavy atom. The molecule has 1 heterocycles. The first kappa shape index (κ1) is 11.7. The standard InChI is InChI=1S/C10H8Cl3N3/c1-16(2)9-6-3-5(11)4-7(12)8(6)14-10(13)15-9/h3-4H,1-2H3. The van der Waals surface area contributed by atoms with E-state index >= 15 is 0 Å². The second-order valence-electron chi connectivity index (χ2n) is 3.49. The molecule has 0 bridgehead atoms. The van der Waals surface area contributed by atoms with Crippen molar-refractivity contribution in [1.82, 2.24) is 9.97 Å². The van der Waals surface area contributed by atoms with Crippen LogP contribution in [0.25, 0.3) is 10.9 Å². The number of hydrogen-bond donors (Lipinski definition) is 0. The minimum Gasteiger partial charge on any atom is -0.362 e. The Morgan fingerprint density at radius 1 is 1.06 bits per heavy atom. The van der Waals surface area contributed by atoms with Crippen molar-refractivity contribution in [2.45, 2.75) is 0 Å². The number of hydrogen-bond acceptors (Lipinski definition) is 3. The van der Waals surface area contributed by atoms with Gasteiger partial charge in [0.1, 0.15) is 5.82 Å². The zero-order valence-electron chi connectivity index (χ0n) is 8.63. The van der Waals surface area contributed by atoms with Gasteiger partial charge in [0.2, 0.25) is 5.28 Å². The molecule has 0 aliphatic carbocycles. The van der Waals surface area contributed by atoms with Crippen LogP contribution in [0.5, 0.6) is 0 Å². The van der Waals surface area contributed by atoms with Crippen molar-refractivity contribution in [3.05, 3.63) is 27.5 Å². The molecule has 0 amide bonds. The minimum absolute atomic E-state index is 0.167. The van der Waals surface area contributed by atoms with Crippen LogP contribution in [0, 0.1) is 0 Å². The van der Waals surface area contributed by atoms with Gasteiger partial charge in [0.15, 0.2) is 0 Å². The maximum atomic E-state index is 6.06. The van der Waals surface area contributed by atoms with E-state index in [1.807, 2.05) is 19.0 Å². The second-order valence-corrected chi connectivity index (χ2v) is 4.68. The summed E-state index contributed by atoms with van der Waals surface area (Å²) in [6.45, 7) is 0. The third kappa shape index (κ3) is 2.03. The van der Waals surface area contributed by atoms with Crippen LogP contribution in [0.4, 0.5) is 5.82 Å². The summed E-state index contributed by atoms with van der Waals surface area (Å²) in [6, 6.07) is 3.41. The number of benzene rings is 1. The number of aromatic nitrogens is 2. The Labute approximate surface area is 108 Å². The van der Waals surface area contributed by atoms with Gasteiger partial charge in [0, 0.05) is 24.5 Å². The van der Waals surface area contributed by atoms with Crippen molar-refractivity contribution in [1.29, 1.82) is 0 Å². The first-order valence-corrected chi connectivity index (χ1v) is 5.62. The molecule has 0 radical (unpaired) electrons. The van der Waals surface area contributed by atoms with Crippen molar-refractivity contribution >= 4 is 51.5 Å². The molecule has 0 fully saturated rings. The molecule has 0 spiro atoms. The van der Waals surface area contributed by atoms with E-state index in [0.717, 1.165) is 5.39 Å². The average Bonchev–Trinajstić information content (AvgIpc) is 2.18. The van der Waals surface area contributed by atoms with E-state index in [1.54, 1.807) is 12.1 Å². The van der Waals surface area contributed by atoms with Crippen molar-refractivity contribution in [3.8, 4) is 0 Å². The summed E-state index contributed by atoms with van der Waals surface area (Å²) >= 11 is 17.8. The summed E-state index contributed by atoms with van der Waals surface area (Å²) in [6.07, 6.45) is 0. The van der Waals surface area contributed by atoms with Crippen molar-refractivity contribution < 1.29 is 0 Å². The predicted molar refractivity (Wildman–Crippen MR) is 68.9 cm³/mol. The molecule has 2 aromatic rings.